The first-order chi connectivity index (χ1) is 16.4. The molecule has 1 aliphatic carbocycles. The van der Waals surface area contributed by atoms with E-state index in [0.717, 1.165) is 22.3 Å². The third-order valence-electron chi connectivity index (χ3n) is 6.27. The van der Waals surface area contributed by atoms with E-state index in [1.165, 1.54) is 6.92 Å². The van der Waals surface area contributed by atoms with Crippen molar-refractivity contribution >= 4 is 18.0 Å². The monoisotopic (exact) mass is 468 g/mol. The van der Waals surface area contributed by atoms with E-state index in [1.807, 2.05) is 24.3 Å². The van der Waals surface area contributed by atoms with Gasteiger partial charge in [-0.25, -0.2) is 15.1 Å². The molecule has 2 aromatic carbocycles. The van der Waals surface area contributed by atoms with Gasteiger partial charge < -0.3 is 19.9 Å². The normalized spacial score (nSPS) is 20.0. The summed E-state index contributed by atoms with van der Waals surface area (Å²) in [6.07, 6.45) is -1.16. The molecule has 1 saturated heterocycles. The lowest BCUT2D eigenvalue weighted by atomic mass is 9.92. The fourth-order valence-corrected chi connectivity index (χ4v) is 4.46. The van der Waals surface area contributed by atoms with Gasteiger partial charge in [-0.15, -0.1) is 0 Å². The number of hydrogen-bond donors (Lipinski definition) is 3. The molecule has 9 heteroatoms. The van der Waals surface area contributed by atoms with E-state index < -0.39 is 24.1 Å². The molecule has 0 spiro atoms. The minimum Gasteiger partial charge on any atom is -0.479 e. The number of carboxylic acid groups (broad SMARTS) is 1. The summed E-state index contributed by atoms with van der Waals surface area (Å²) in [5.41, 5.74) is 6.72. The number of hydrogen-bond acceptors (Lipinski definition) is 6. The van der Waals surface area contributed by atoms with Gasteiger partial charge in [0.25, 0.3) is 0 Å². The Morgan fingerprint density at radius 2 is 1.74 bits per heavy atom. The Bertz CT molecular complexity index is 1010. The summed E-state index contributed by atoms with van der Waals surface area (Å²) in [5.74, 6) is -2.00. The quantitative estimate of drug-likeness (QED) is 0.509. The Labute approximate surface area is 197 Å². The van der Waals surface area contributed by atoms with E-state index >= 15 is 0 Å². The number of carboxylic acids is 1. The van der Waals surface area contributed by atoms with Crippen molar-refractivity contribution in [1.82, 2.24) is 10.8 Å². The van der Waals surface area contributed by atoms with Crippen molar-refractivity contribution < 1.29 is 33.8 Å². The third-order valence-corrected chi connectivity index (χ3v) is 6.27. The number of benzene rings is 2. The molecular formula is C25H28N2O7. The second kappa shape index (κ2) is 10.7. The molecular weight excluding hydrogens is 440 g/mol. The Kier molecular flexibility index (Phi) is 7.44. The highest BCUT2D eigenvalue weighted by Gasteiger charge is 2.32. The van der Waals surface area contributed by atoms with Crippen LogP contribution < -0.4 is 10.8 Å². The lowest BCUT2D eigenvalue weighted by Crippen LogP contribution is -2.47. The predicted molar refractivity (Wildman–Crippen MR) is 122 cm³/mol. The molecule has 34 heavy (non-hydrogen) atoms. The van der Waals surface area contributed by atoms with Crippen LogP contribution in [0.25, 0.3) is 11.1 Å². The third kappa shape index (κ3) is 5.37. The summed E-state index contributed by atoms with van der Waals surface area (Å²) in [6.45, 7) is 2.26. The zero-order valence-corrected chi connectivity index (χ0v) is 18.9. The fraction of sp³-hybridized carbons (Fsp3) is 0.400. The topological polar surface area (TPSA) is 123 Å². The summed E-state index contributed by atoms with van der Waals surface area (Å²) in [6, 6.07) is 15.9. The smallest absolute Gasteiger partial charge is 0.407 e. The minimum atomic E-state index is -1.18. The number of hydroxylamine groups is 1. The second-order valence-corrected chi connectivity index (χ2v) is 8.53. The van der Waals surface area contributed by atoms with Crippen LogP contribution in [-0.4, -0.2) is 55.0 Å². The maximum absolute atomic E-state index is 12.6. The number of rotatable bonds is 8. The molecule has 2 amide bonds. The van der Waals surface area contributed by atoms with Crippen molar-refractivity contribution in [2.45, 2.75) is 37.8 Å². The summed E-state index contributed by atoms with van der Waals surface area (Å²) in [5, 5.41) is 11.7. The number of carbonyl (C=O) groups is 3. The highest BCUT2D eigenvalue weighted by atomic mass is 16.7. The molecule has 0 saturated carbocycles. The van der Waals surface area contributed by atoms with Crippen LogP contribution >= 0.6 is 0 Å². The molecule has 4 rings (SSSR count). The van der Waals surface area contributed by atoms with Crippen LogP contribution in [0.4, 0.5) is 4.79 Å². The highest BCUT2D eigenvalue weighted by molar-refractivity contribution is 5.79. The van der Waals surface area contributed by atoms with Gasteiger partial charge in [0, 0.05) is 30.9 Å². The van der Waals surface area contributed by atoms with Crippen LogP contribution in [-0.2, 0) is 23.9 Å². The second-order valence-electron chi connectivity index (χ2n) is 8.53. The van der Waals surface area contributed by atoms with Crippen LogP contribution in [0, 0.1) is 5.92 Å². The van der Waals surface area contributed by atoms with Crippen LogP contribution in [0.15, 0.2) is 48.5 Å². The van der Waals surface area contributed by atoms with Gasteiger partial charge in [0.15, 0.2) is 6.10 Å². The van der Waals surface area contributed by atoms with Crippen LogP contribution in [0.5, 0.6) is 0 Å². The van der Waals surface area contributed by atoms with Crippen molar-refractivity contribution in [3.8, 4) is 11.1 Å². The van der Waals surface area contributed by atoms with Gasteiger partial charge in [0.1, 0.15) is 6.61 Å². The van der Waals surface area contributed by atoms with E-state index in [9.17, 15) is 14.4 Å². The van der Waals surface area contributed by atoms with Crippen molar-refractivity contribution in [1.29, 1.82) is 0 Å². The Morgan fingerprint density at radius 1 is 1.09 bits per heavy atom. The Balaban J connectivity index is 1.32. The number of ether oxygens (including phenoxy) is 2. The van der Waals surface area contributed by atoms with Gasteiger partial charge in [0.2, 0.25) is 5.91 Å². The highest BCUT2D eigenvalue weighted by Crippen LogP contribution is 2.44. The van der Waals surface area contributed by atoms with Crippen molar-refractivity contribution in [3.63, 3.8) is 0 Å². The standard InChI is InChI=1S/C25H28N2O7/c1-15(24(29)30)34-27-23(28)12-16-13-32-11-10-22(16)26-25(31)33-14-21-19-8-4-2-6-17(19)18-7-3-5-9-20(18)21/h2-9,15-16,21-22H,10-14H2,1H3,(H,26,31)(H,27,28)(H,29,30). The molecule has 0 aromatic heterocycles. The average molecular weight is 469 g/mol. The Morgan fingerprint density at radius 3 is 2.38 bits per heavy atom. The molecule has 0 radical (unpaired) electrons. The van der Waals surface area contributed by atoms with Gasteiger partial charge in [0.05, 0.1) is 6.61 Å². The maximum atomic E-state index is 12.6. The van der Waals surface area contributed by atoms with Crippen molar-refractivity contribution in [3.05, 3.63) is 59.7 Å². The first-order valence-electron chi connectivity index (χ1n) is 11.3. The van der Waals surface area contributed by atoms with E-state index in [2.05, 4.69) is 35.1 Å². The number of nitrogens with one attached hydrogen (secondary N) is 2. The van der Waals surface area contributed by atoms with Gasteiger partial charge in [-0.2, -0.15) is 0 Å². The van der Waals surface area contributed by atoms with Gasteiger partial charge >= 0.3 is 12.1 Å². The molecule has 180 valence electrons. The maximum Gasteiger partial charge on any atom is 0.407 e. The number of alkyl carbamates (subject to hydrolysis) is 1. The van der Waals surface area contributed by atoms with Gasteiger partial charge in [-0.05, 0) is 35.6 Å². The average Bonchev–Trinajstić information content (AvgIpc) is 3.16. The van der Waals surface area contributed by atoms with Crippen LogP contribution in [0.1, 0.15) is 36.8 Å². The van der Waals surface area contributed by atoms with Crippen LogP contribution in [0.3, 0.4) is 0 Å². The molecule has 3 atom stereocenters. The number of carbonyl (C=O) groups excluding carboxylic acids is 2. The zero-order valence-electron chi connectivity index (χ0n) is 18.9. The van der Waals surface area contributed by atoms with Crippen molar-refractivity contribution in [2.24, 2.45) is 5.92 Å². The minimum absolute atomic E-state index is 0.0145. The van der Waals surface area contributed by atoms with Crippen LogP contribution in [0.2, 0.25) is 0 Å². The summed E-state index contributed by atoms with van der Waals surface area (Å²) >= 11 is 0. The predicted octanol–water partition coefficient (Wildman–Crippen LogP) is 2.84. The molecule has 3 unspecified atom stereocenters. The summed E-state index contributed by atoms with van der Waals surface area (Å²) in [4.78, 5) is 40.5. The van der Waals surface area contributed by atoms with E-state index in [1.54, 1.807) is 0 Å². The first kappa shape index (κ1) is 23.7. The number of aliphatic carboxylic acids is 1. The largest absolute Gasteiger partial charge is 0.479 e. The molecule has 3 N–H and O–H groups in total. The molecule has 9 nitrogen and oxygen atoms in total. The lowest BCUT2D eigenvalue weighted by molar-refractivity contribution is -0.159. The summed E-state index contributed by atoms with van der Waals surface area (Å²) in [7, 11) is 0. The van der Waals surface area contributed by atoms with E-state index in [0.29, 0.717) is 13.0 Å². The summed E-state index contributed by atoms with van der Waals surface area (Å²) < 4.78 is 11.1. The van der Waals surface area contributed by atoms with Gasteiger partial charge in [-0.1, -0.05) is 48.5 Å². The zero-order chi connectivity index (χ0) is 24.1. The number of amides is 2. The van der Waals surface area contributed by atoms with E-state index in [-0.39, 0.29) is 37.5 Å². The molecule has 1 aliphatic heterocycles. The fourth-order valence-electron chi connectivity index (χ4n) is 4.46. The molecule has 1 heterocycles. The SMILES string of the molecule is CC(ONC(=O)CC1COCCC1NC(=O)OCC1c2ccccc2-c2ccccc21)C(=O)O. The molecule has 1 fully saturated rings. The van der Waals surface area contributed by atoms with Crippen molar-refractivity contribution in [2.75, 3.05) is 19.8 Å². The molecule has 2 aliphatic rings. The molecule has 2 aromatic rings. The first-order valence-corrected chi connectivity index (χ1v) is 11.3. The van der Waals surface area contributed by atoms with Gasteiger partial charge in [-0.3, -0.25) is 9.63 Å². The Hall–Kier alpha value is -3.43. The van der Waals surface area contributed by atoms with E-state index in [4.69, 9.17) is 19.4 Å². The lowest BCUT2D eigenvalue weighted by Gasteiger charge is -2.31. The molecule has 0 bridgehead atoms. The number of fused-ring (bicyclic) bond motifs is 3.